The molecule has 2 aromatic rings. The van der Waals surface area contributed by atoms with Gasteiger partial charge in [0.15, 0.2) is 12.6 Å². The van der Waals surface area contributed by atoms with Crippen molar-refractivity contribution in [1.82, 2.24) is 0 Å². The molecule has 3 nitrogen and oxygen atoms in total. The van der Waals surface area contributed by atoms with Crippen LogP contribution in [-0.2, 0) is 4.74 Å². The number of hydrogen-bond donors (Lipinski definition) is 0. The Balaban J connectivity index is 2.23. The lowest BCUT2D eigenvalue weighted by molar-refractivity contribution is 0.0511. The van der Waals surface area contributed by atoms with Crippen molar-refractivity contribution in [2.45, 2.75) is 6.92 Å². The van der Waals surface area contributed by atoms with Crippen LogP contribution in [0.5, 0.6) is 5.75 Å². The van der Waals surface area contributed by atoms with Crippen molar-refractivity contribution in [2.75, 3.05) is 13.9 Å². The summed E-state index contributed by atoms with van der Waals surface area (Å²) >= 11 is 0. The van der Waals surface area contributed by atoms with Crippen LogP contribution in [0.1, 0.15) is 17.3 Å². The van der Waals surface area contributed by atoms with Crippen molar-refractivity contribution >= 4 is 5.78 Å². The van der Waals surface area contributed by atoms with Gasteiger partial charge in [-0.05, 0) is 30.2 Å². The Kier molecular flexibility index (Phi) is 4.31. The van der Waals surface area contributed by atoms with E-state index < -0.39 is 0 Å². The normalized spacial score (nSPS) is 10.2. The summed E-state index contributed by atoms with van der Waals surface area (Å²) < 4.78 is 10.3. The van der Waals surface area contributed by atoms with Gasteiger partial charge in [0.2, 0.25) is 0 Å². The summed E-state index contributed by atoms with van der Waals surface area (Å²) in [6.45, 7) is 1.79. The van der Waals surface area contributed by atoms with Gasteiger partial charge in [0.25, 0.3) is 0 Å². The molecule has 0 bridgehead atoms. The average Bonchev–Trinajstić information content (AvgIpc) is 2.45. The molecule has 0 aliphatic rings. The van der Waals surface area contributed by atoms with Crippen LogP contribution in [0.3, 0.4) is 0 Å². The number of ether oxygens (including phenoxy) is 2. The lowest BCUT2D eigenvalue weighted by Crippen LogP contribution is -1.98. The maximum absolute atomic E-state index is 11.2. The Labute approximate surface area is 112 Å². The van der Waals surface area contributed by atoms with E-state index in [1.165, 1.54) is 0 Å². The summed E-state index contributed by atoms with van der Waals surface area (Å²) in [4.78, 5) is 11.2. The molecule has 0 fully saturated rings. The van der Waals surface area contributed by atoms with Crippen molar-refractivity contribution < 1.29 is 14.3 Å². The van der Waals surface area contributed by atoms with Crippen LogP contribution in [-0.4, -0.2) is 19.7 Å². The zero-order valence-corrected chi connectivity index (χ0v) is 11.1. The van der Waals surface area contributed by atoms with Gasteiger partial charge in [-0.1, -0.05) is 36.4 Å². The SMILES string of the molecule is COCOc1cccc(-c2ccc(C(C)=O)cc2)c1. The van der Waals surface area contributed by atoms with Crippen molar-refractivity contribution in [1.29, 1.82) is 0 Å². The number of hydrogen-bond acceptors (Lipinski definition) is 3. The van der Waals surface area contributed by atoms with Crippen LogP contribution in [0.15, 0.2) is 48.5 Å². The predicted octanol–water partition coefficient (Wildman–Crippen LogP) is 3.54. The third-order valence-corrected chi connectivity index (χ3v) is 2.80. The lowest BCUT2D eigenvalue weighted by Gasteiger charge is -2.07. The fourth-order valence-electron chi connectivity index (χ4n) is 1.79. The first-order chi connectivity index (χ1) is 9.20. The summed E-state index contributed by atoms with van der Waals surface area (Å²) in [7, 11) is 1.59. The van der Waals surface area contributed by atoms with Gasteiger partial charge in [-0.25, -0.2) is 0 Å². The van der Waals surface area contributed by atoms with Gasteiger partial charge >= 0.3 is 0 Å². The highest BCUT2D eigenvalue weighted by Gasteiger charge is 2.02. The molecule has 19 heavy (non-hydrogen) atoms. The Morgan fingerprint density at radius 3 is 2.42 bits per heavy atom. The van der Waals surface area contributed by atoms with E-state index in [1.807, 2.05) is 48.5 Å². The van der Waals surface area contributed by atoms with Crippen LogP contribution in [0.2, 0.25) is 0 Å². The number of benzene rings is 2. The fraction of sp³-hybridized carbons (Fsp3) is 0.188. The minimum absolute atomic E-state index is 0.0729. The highest BCUT2D eigenvalue weighted by Crippen LogP contribution is 2.24. The topological polar surface area (TPSA) is 35.5 Å². The van der Waals surface area contributed by atoms with Gasteiger partial charge in [0.05, 0.1) is 0 Å². The van der Waals surface area contributed by atoms with E-state index in [2.05, 4.69) is 0 Å². The third kappa shape index (κ3) is 3.42. The second-order valence-electron chi connectivity index (χ2n) is 4.21. The number of Topliss-reactive ketones (excluding diaryl/α,β-unsaturated/α-hetero) is 1. The van der Waals surface area contributed by atoms with Crippen LogP contribution in [0.4, 0.5) is 0 Å². The Morgan fingerprint density at radius 1 is 1.05 bits per heavy atom. The highest BCUT2D eigenvalue weighted by atomic mass is 16.7. The summed E-state index contributed by atoms with van der Waals surface area (Å²) in [5.41, 5.74) is 2.81. The van der Waals surface area contributed by atoms with Crippen LogP contribution in [0.25, 0.3) is 11.1 Å². The number of carbonyl (C=O) groups excluding carboxylic acids is 1. The maximum atomic E-state index is 11.2. The molecule has 2 aromatic carbocycles. The predicted molar refractivity (Wildman–Crippen MR) is 74.4 cm³/mol. The average molecular weight is 256 g/mol. The van der Waals surface area contributed by atoms with E-state index in [4.69, 9.17) is 9.47 Å². The minimum Gasteiger partial charge on any atom is -0.468 e. The molecule has 0 amide bonds. The molecular formula is C16H16O3. The number of methoxy groups -OCH3 is 1. The molecule has 2 rings (SSSR count). The molecule has 0 unspecified atom stereocenters. The lowest BCUT2D eigenvalue weighted by atomic mass is 10.0. The van der Waals surface area contributed by atoms with Gasteiger partial charge in [-0.3, -0.25) is 4.79 Å². The van der Waals surface area contributed by atoms with Gasteiger partial charge in [0, 0.05) is 12.7 Å². The van der Waals surface area contributed by atoms with E-state index in [0.717, 1.165) is 22.4 Å². The van der Waals surface area contributed by atoms with Crippen LogP contribution >= 0.6 is 0 Å². The molecule has 0 atom stereocenters. The molecule has 3 heteroatoms. The number of ketones is 1. The van der Waals surface area contributed by atoms with E-state index in [9.17, 15) is 4.79 Å². The molecule has 0 spiro atoms. The summed E-state index contributed by atoms with van der Waals surface area (Å²) in [6, 6.07) is 15.3. The Hall–Kier alpha value is -2.13. The van der Waals surface area contributed by atoms with Crippen LogP contribution < -0.4 is 4.74 Å². The summed E-state index contributed by atoms with van der Waals surface area (Å²) in [5, 5.41) is 0. The smallest absolute Gasteiger partial charge is 0.188 e. The van der Waals surface area contributed by atoms with Crippen molar-refractivity contribution in [2.24, 2.45) is 0 Å². The molecule has 0 N–H and O–H groups in total. The largest absolute Gasteiger partial charge is 0.468 e. The minimum atomic E-state index is 0.0729. The van der Waals surface area contributed by atoms with E-state index >= 15 is 0 Å². The molecule has 0 aliphatic heterocycles. The van der Waals surface area contributed by atoms with Gasteiger partial charge < -0.3 is 9.47 Å². The molecule has 0 aromatic heterocycles. The van der Waals surface area contributed by atoms with Gasteiger partial charge in [-0.2, -0.15) is 0 Å². The van der Waals surface area contributed by atoms with Gasteiger partial charge in [0.1, 0.15) is 5.75 Å². The van der Waals surface area contributed by atoms with E-state index in [1.54, 1.807) is 14.0 Å². The van der Waals surface area contributed by atoms with Crippen molar-refractivity contribution in [3.63, 3.8) is 0 Å². The molecule has 0 aliphatic carbocycles. The standard InChI is InChI=1S/C16H16O3/c1-12(17)13-6-8-14(9-7-13)15-4-3-5-16(10-15)19-11-18-2/h3-10H,11H2,1-2H3. The zero-order valence-electron chi connectivity index (χ0n) is 11.1. The molecule has 0 saturated carbocycles. The molecule has 98 valence electrons. The zero-order chi connectivity index (χ0) is 13.7. The van der Waals surface area contributed by atoms with Gasteiger partial charge in [-0.15, -0.1) is 0 Å². The quantitative estimate of drug-likeness (QED) is 0.606. The first-order valence-electron chi connectivity index (χ1n) is 6.04. The summed E-state index contributed by atoms with van der Waals surface area (Å²) in [5.74, 6) is 0.832. The van der Waals surface area contributed by atoms with E-state index in [0.29, 0.717) is 0 Å². The molecule has 0 saturated heterocycles. The van der Waals surface area contributed by atoms with Crippen molar-refractivity contribution in [3.8, 4) is 16.9 Å². The third-order valence-electron chi connectivity index (χ3n) is 2.80. The highest BCUT2D eigenvalue weighted by molar-refractivity contribution is 5.94. The maximum Gasteiger partial charge on any atom is 0.188 e. The number of rotatable bonds is 5. The van der Waals surface area contributed by atoms with Crippen molar-refractivity contribution in [3.05, 3.63) is 54.1 Å². The van der Waals surface area contributed by atoms with Crippen LogP contribution in [0, 0.1) is 0 Å². The Bertz CT molecular complexity index is 558. The first-order valence-corrected chi connectivity index (χ1v) is 6.04. The second-order valence-corrected chi connectivity index (χ2v) is 4.21. The molecule has 0 radical (unpaired) electrons. The number of carbonyl (C=O) groups is 1. The fourth-order valence-corrected chi connectivity index (χ4v) is 1.79. The first kappa shape index (κ1) is 13.3. The van der Waals surface area contributed by atoms with E-state index in [-0.39, 0.29) is 12.6 Å². The summed E-state index contributed by atoms with van der Waals surface area (Å²) in [6.07, 6.45) is 0. The monoisotopic (exact) mass is 256 g/mol. The molecular weight excluding hydrogens is 240 g/mol. The molecule has 0 heterocycles. The second kappa shape index (κ2) is 6.16. The Morgan fingerprint density at radius 2 is 1.79 bits per heavy atom.